The van der Waals surface area contributed by atoms with Gasteiger partial charge >= 0.3 is 0 Å². The number of fused-ring (bicyclic) bond motifs is 1. The van der Waals surface area contributed by atoms with Crippen LogP contribution >= 0.6 is 15.9 Å². The van der Waals surface area contributed by atoms with Gasteiger partial charge in [0.25, 0.3) is 0 Å². The first kappa shape index (κ1) is 12.8. The number of aryl methyl sites for hydroxylation is 1. The number of anilines is 1. The van der Waals surface area contributed by atoms with Crippen LogP contribution in [0.4, 0.5) is 5.82 Å². The lowest BCUT2D eigenvalue weighted by Crippen LogP contribution is -2.47. The fourth-order valence-electron chi connectivity index (χ4n) is 2.51. The molecule has 19 heavy (non-hydrogen) atoms. The fraction of sp³-hybridized carbons (Fsp3) is 0.583. The maximum Gasteiger partial charge on any atom is 0.163 e. The Balaban J connectivity index is 1.99. The van der Waals surface area contributed by atoms with E-state index in [1.165, 1.54) is 0 Å². The number of hydrogen-bond acceptors (Lipinski definition) is 5. The summed E-state index contributed by atoms with van der Waals surface area (Å²) in [5.74, 6) is 0.944. The van der Waals surface area contributed by atoms with Crippen molar-refractivity contribution in [2.24, 2.45) is 7.05 Å². The molecule has 7 heteroatoms. The van der Waals surface area contributed by atoms with Crippen LogP contribution in [0.5, 0.6) is 0 Å². The average molecular weight is 326 g/mol. The van der Waals surface area contributed by atoms with Crippen molar-refractivity contribution >= 4 is 32.8 Å². The van der Waals surface area contributed by atoms with Gasteiger partial charge in [0, 0.05) is 25.5 Å². The predicted octanol–water partition coefficient (Wildman–Crippen LogP) is 1.35. The molecule has 2 aromatic rings. The third-order valence-corrected chi connectivity index (χ3v) is 4.03. The second-order valence-corrected chi connectivity index (χ2v) is 5.48. The Hall–Kier alpha value is -1.21. The van der Waals surface area contributed by atoms with Crippen molar-refractivity contribution in [2.45, 2.75) is 19.1 Å². The summed E-state index contributed by atoms with van der Waals surface area (Å²) in [6, 6.07) is 0. The number of aromatic nitrogens is 4. The van der Waals surface area contributed by atoms with Gasteiger partial charge in [-0.25, -0.2) is 9.97 Å². The molecule has 1 aliphatic rings. The Morgan fingerprint density at radius 1 is 1.42 bits per heavy atom. The normalized spacial score (nSPS) is 24.1. The maximum atomic E-state index is 5.85. The van der Waals surface area contributed by atoms with E-state index in [1.54, 1.807) is 11.0 Å². The van der Waals surface area contributed by atoms with Gasteiger partial charge in [-0.1, -0.05) is 15.9 Å². The van der Waals surface area contributed by atoms with Crippen molar-refractivity contribution in [1.29, 1.82) is 0 Å². The van der Waals surface area contributed by atoms with Gasteiger partial charge in [-0.3, -0.25) is 4.68 Å². The second-order valence-electron chi connectivity index (χ2n) is 4.83. The number of rotatable bonds is 2. The van der Waals surface area contributed by atoms with Crippen LogP contribution in [0.15, 0.2) is 12.5 Å². The van der Waals surface area contributed by atoms with Gasteiger partial charge < -0.3 is 9.64 Å². The van der Waals surface area contributed by atoms with E-state index < -0.39 is 0 Å². The first-order valence-corrected chi connectivity index (χ1v) is 7.40. The molecule has 0 amide bonds. The number of nitrogens with zero attached hydrogens (tertiary/aromatic N) is 5. The van der Waals surface area contributed by atoms with E-state index in [9.17, 15) is 0 Å². The van der Waals surface area contributed by atoms with E-state index in [2.05, 4.69) is 42.8 Å². The average Bonchev–Trinajstić information content (AvgIpc) is 2.80. The molecule has 0 aliphatic carbocycles. The van der Waals surface area contributed by atoms with Gasteiger partial charge in [-0.2, -0.15) is 5.10 Å². The summed E-state index contributed by atoms with van der Waals surface area (Å²) in [5, 5.41) is 6.08. The topological polar surface area (TPSA) is 56.1 Å². The largest absolute Gasteiger partial charge is 0.371 e. The summed E-state index contributed by atoms with van der Waals surface area (Å²) in [6.45, 7) is 3.75. The Morgan fingerprint density at radius 3 is 3.05 bits per heavy atom. The molecule has 102 valence electrons. The van der Waals surface area contributed by atoms with E-state index in [0.717, 1.165) is 35.3 Å². The highest BCUT2D eigenvalue weighted by Gasteiger charge is 2.27. The molecule has 2 aromatic heterocycles. The van der Waals surface area contributed by atoms with Crippen molar-refractivity contribution in [2.75, 3.05) is 23.3 Å². The van der Waals surface area contributed by atoms with Gasteiger partial charge in [-0.15, -0.1) is 0 Å². The smallest absolute Gasteiger partial charge is 0.163 e. The van der Waals surface area contributed by atoms with Crippen LogP contribution in [0.3, 0.4) is 0 Å². The highest BCUT2D eigenvalue weighted by atomic mass is 79.9. The molecule has 0 aromatic carbocycles. The van der Waals surface area contributed by atoms with Crippen molar-refractivity contribution in [3.8, 4) is 0 Å². The first-order chi connectivity index (χ1) is 9.19. The summed E-state index contributed by atoms with van der Waals surface area (Å²) >= 11 is 3.49. The molecule has 0 spiro atoms. The number of halogens is 1. The molecule has 0 saturated carbocycles. The van der Waals surface area contributed by atoms with E-state index in [-0.39, 0.29) is 12.2 Å². The van der Waals surface area contributed by atoms with Crippen LogP contribution in [0.25, 0.3) is 11.0 Å². The van der Waals surface area contributed by atoms with Crippen molar-refractivity contribution in [1.82, 2.24) is 19.7 Å². The lowest BCUT2D eigenvalue weighted by Gasteiger charge is -2.37. The molecule has 0 N–H and O–H groups in total. The molecular weight excluding hydrogens is 310 g/mol. The Labute approximate surface area is 119 Å². The highest BCUT2D eigenvalue weighted by molar-refractivity contribution is 9.09. The van der Waals surface area contributed by atoms with Gasteiger partial charge in [-0.05, 0) is 6.92 Å². The second kappa shape index (κ2) is 5.05. The molecule has 1 fully saturated rings. The van der Waals surface area contributed by atoms with Crippen molar-refractivity contribution < 1.29 is 4.74 Å². The Morgan fingerprint density at radius 2 is 2.26 bits per heavy atom. The molecular formula is C12H16BrN5O. The molecule has 1 aliphatic heterocycles. The van der Waals surface area contributed by atoms with Gasteiger partial charge in [0.2, 0.25) is 0 Å². The van der Waals surface area contributed by atoms with E-state index in [1.807, 2.05) is 13.2 Å². The van der Waals surface area contributed by atoms with E-state index in [4.69, 9.17) is 4.74 Å². The quantitative estimate of drug-likeness (QED) is 0.780. The predicted molar refractivity (Wildman–Crippen MR) is 76.6 cm³/mol. The summed E-state index contributed by atoms with van der Waals surface area (Å²) in [5.41, 5.74) is 0.861. The minimum Gasteiger partial charge on any atom is -0.371 e. The lowest BCUT2D eigenvalue weighted by molar-refractivity contribution is -0.00214. The van der Waals surface area contributed by atoms with Gasteiger partial charge in [0.05, 0.1) is 23.8 Å². The molecule has 0 bridgehead atoms. The van der Waals surface area contributed by atoms with E-state index >= 15 is 0 Å². The van der Waals surface area contributed by atoms with E-state index in [0.29, 0.717) is 0 Å². The SMILES string of the molecule is CC1CN(c2ncnc3c2cnn3C)CC(CBr)O1. The van der Waals surface area contributed by atoms with Crippen LogP contribution in [0, 0.1) is 0 Å². The van der Waals surface area contributed by atoms with Crippen LogP contribution in [-0.2, 0) is 11.8 Å². The van der Waals surface area contributed by atoms with Gasteiger partial charge in [0.1, 0.15) is 12.1 Å². The summed E-state index contributed by atoms with van der Waals surface area (Å²) in [4.78, 5) is 11.0. The standard InChI is InChI=1S/C12H16BrN5O/c1-8-5-18(6-9(3-13)19-8)12-10-4-16-17(2)11(10)14-7-15-12/h4,7-9H,3,5-6H2,1-2H3. The monoisotopic (exact) mass is 325 g/mol. The zero-order valence-electron chi connectivity index (χ0n) is 11.0. The molecule has 2 unspecified atom stereocenters. The third-order valence-electron chi connectivity index (χ3n) is 3.31. The number of alkyl halides is 1. The van der Waals surface area contributed by atoms with Crippen molar-refractivity contribution in [3.05, 3.63) is 12.5 Å². The van der Waals surface area contributed by atoms with Gasteiger partial charge in [0.15, 0.2) is 5.65 Å². The zero-order chi connectivity index (χ0) is 13.4. The maximum absolute atomic E-state index is 5.85. The molecule has 6 nitrogen and oxygen atoms in total. The highest BCUT2D eigenvalue weighted by Crippen LogP contribution is 2.25. The summed E-state index contributed by atoms with van der Waals surface area (Å²) in [7, 11) is 1.89. The number of ether oxygens (including phenoxy) is 1. The molecule has 2 atom stereocenters. The lowest BCUT2D eigenvalue weighted by atomic mass is 10.2. The third kappa shape index (κ3) is 2.32. The summed E-state index contributed by atoms with van der Waals surface area (Å²) in [6.07, 6.45) is 3.81. The summed E-state index contributed by atoms with van der Waals surface area (Å²) < 4.78 is 7.62. The fourth-order valence-corrected chi connectivity index (χ4v) is 2.86. The molecule has 3 heterocycles. The molecule has 1 saturated heterocycles. The molecule has 0 radical (unpaired) electrons. The number of hydrogen-bond donors (Lipinski definition) is 0. The Kier molecular flexibility index (Phi) is 3.40. The molecule has 3 rings (SSSR count). The van der Waals surface area contributed by atoms with Crippen LogP contribution < -0.4 is 4.90 Å². The van der Waals surface area contributed by atoms with Crippen LogP contribution in [0.2, 0.25) is 0 Å². The Bertz CT molecular complexity index is 587. The minimum atomic E-state index is 0.186. The van der Waals surface area contributed by atoms with Crippen molar-refractivity contribution in [3.63, 3.8) is 0 Å². The zero-order valence-corrected chi connectivity index (χ0v) is 12.5. The van der Waals surface area contributed by atoms with Crippen LogP contribution in [-0.4, -0.2) is 50.4 Å². The number of morpholine rings is 1. The minimum absolute atomic E-state index is 0.186. The van der Waals surface area contributed by atoms with Crippen LogP contribution in [0.1, 0.15) is 6.92 Å². The first-order valence-electron chi connectivity index (χ1n) is 6.28.